The van der Waals surface area contributed by atoms with Gasteiger partial charge in [-0.3, -0.25) is 4.79 Å². The Labute approximate surface area is 152 Å². The van der Waals surface area contributed by atoms with Gasteiger partial charge in [0, 0.05) is 11.9 Å². The number of hydrogen-bond donors (Lipinski definition) is 0. The molecule has 0 aliphatic carbocycles. The van der Waals surface area contributed by atoms with Crippen LogP contribution in [0.15, 0.2) is 47.3 Å². The van der Waals surface area contributed by atoms with Gasteiger partial charge in [0.05, 0.1) is 5.39 Å². The standard InChI is InChI=1S/C21H22N2O3/c1-4-9-23-20(24)18-8-6-5-7-17(18)19(22-23)21(25)26-13-16-11-14(2)10-15(3)12-16/h5-8,10-12H,4,9,13H2,1-3H3. The molecule has 3 rings (SSSR count). The van der Waals surface area contributed by atoms with Crippen molar-refractivity contribution in [2.45, 2.75) is 40.3 Å². The maximum Gasteiger partial charge on any atom is 0.359 e. The molecule has 5 heteroatoms. The molecule has 1 heterocycles. The number of nitrogens with zero attached hydrogens (tertiary/aromatic N) is 2. The fourth-order valence-electron chi connectivity index (χ4n) is 3.12. The van der Waals surface area contributed by atoms with E-state index in [4.69, 9.17) is 4.74 Å². The first-order valence-electron chi connectivity index (χ1n) is 8.73. The van der Waals surface area contributed by atoms with Gasteiger partial charge in [-0.2, -0.15) is 5.10 Å². The summed E-state index contributed by atoms with van der Waals surface area (Å²) in [6, 6.07) is 13.1. The molecule has 0 atom stereocenters. The quantitative estimate of drug-likeness (QED) is 0.657. The van der Waals surface area contributed by atoms with E-state index in [-0.39, 0.29) is 17.9 Å². The molecule has 0 unspecified atom stereocenters. The third-order valence-electron chi connectivity index (χ3n) is 4.15. The molecule has 5 nitrogen and oxygen atoms in total. The number of fused-ring (bicyclic) bond motifs is 1. The van der Waals surface area contributed by atoms with Crippen LogP contribution in [0.2, 0.25) is 0 Å². The van der Waals surface area contributed by atoms with Crippen molar-refractivity contribution < 1.29 is 9.53 Å². The number of rotatable bonds is 5. The van der Waals surface area contributed by atoms with Crippen molar-refractivity contribution in [1.82, 2.24) is 9.78 Å². The zero-order valence-electron chi connectivity index (χ0n) is 15.3. The van der Waals surface area contributed by atoms with Gasteiger partial charge in [0.15, 0.2) is 5.69 Å². The summed E-state index contributed by atoms with van der Waals surface area (Å²) in [6.45, 7) is 6.61. The van der Waals surface area contributed by atoms with Crippen LogP contribution in [0, 0.1) is 13.8 Å². The Morgan fingerprint density at radius 1 is 1.08 bits per heavy atom. The highest BCUT2D eigenvalue weighted by Gasteiger charge is 2.18. The largest absolute Gasteiger partial charge is 0.456 e. The molecular weight excluding hydrogens is 328 g/mol. The van der Waals surface area contributed by atoms with Crippen LogP contribution in [0.1, 0.15) is 40.5 Å². The highest BCUT2D eigenvalue weighted by molar-refractivity contribution is 6.02. The SMILES string of the molecule is CCCn1nc(C(=O)OCc2cc(C)cc(C)c2)c2ccccc2c1=O. The summed E-state index contributed by atoms with van der Waals surface area (Å²) in [4.78, 5) is 25.2. The topological polar surface area (TPSA) is 61.2 Å². The second-order valence-corrected chi connectivity index (χ2v) is 6.49. The van der Waals surface area contributed by atoms with Crippen LogP contribution in [-0.4, -0.2) is 15.7 Å². The number of aryl methyl sites for hydroxylation is 3. The van der Waals surface area contributed by atoms with E-state index in [9.17, 15) is 9.59 Å². The third-order valence-corrected chi connectivity index (χ3v) is 4.15. The Balaban J connectivity index is 1.94. The minimum Gasteiger partial charge on any atom is -0.456 e. The van der Waals surface area contributed by atoms with E-state index in [0.29, 0.717) is 17.3 Å². The van der Waals surface area contributed by atoms with Crippen molar-refractivity contribution in [3.8, 4) is 0 Å². The van der Waals surface area contributed by atoms with E-state index in [1.165, 1.54) is 4.68 Å². The van der Waals surface area contributed by atoms with Gasteiger partial charge in [-0.15, -0.1) is 0 Å². The molecule has 0 saturated heterocycles. The van der Waals surface area contributed by atoms with Crippen molar-refractivity contribution in [3.63, 3.8) is 0 Å². The number of ether oxygens (including phenoxy) is 1. The zero-order chi connectivity index (χ0) is 18.7. The second-order valence-electron chi connectivity index (χ2n) is 6.49. The Bertz CT molecular complexity index is 1000. The van der Waals surface area contributed by atoms with Gasteiger partial charge < -0.3 is 4.74 Å². The number of benzene rings is 2. The Morgan fingerprint density at radius 3 is 2.38 bits per heavy atom. The maximum atomic E-state index is 12.7. The fraction of sp³-hybridized carbons (Fsp3) is 0.286. The normalized spacial score (nSPS) is 10.9. The maximum absolute atomic E-state index is 12.7. The lowest BCUT2D eigenvalue weighted by molar-refractivity contribution is 0.0465. The molecule has 0 bridgehead atoms. The number of carbonyl (C=O) groups excluding carboxylic acids is 1. The van der Waals surface area contributed by atoms with E-state index in [1.807, 2.05) is 32.9 Å². The van der Waals surface area contributed by atoms with Crippen LogP contribution < -0.4 is 5.56 Å². The second kappa shape index (κ2) is 7.52. The smallest absolute Gasteiger partial charge is 0.359 e. The predicted molar refractivity (Wildman–Crippen MR) is 101 cm³/mol. The van der Waals surface area contributed by atoms with Gasteiger partial charge in [-0.25, -0.2) is 9.48 Å². The minimum absolute atomic E-state index is 0.171. The summed E-state index contributed by atoms with van der Waals surface area (Å²) in [5.74, 6) is -0.523. The molecule has 26 heavy (non-hydrogen) atoms. The van der Waals surface area contributed by atoms with Crippen LogP contribution in [0.3, 0.4) is 0 Å². The predicted octanol–water partition coefficient (Wildman–Crippen LogP) is 3.78. The molecule has 3 aromatic rings. The summed E-state index contributed by atoms with van der Waals surface area (Å²) in [6.07, 6.45) is 0.752. The minimum atomic E-state index is -0.523. The summed E-state index contributed by atoms with van der Waals surface area (Å²) >= 11 is 0. The zero-order valence-corrected chi connectivity index (χ0v) is 15.3. The van der Waals surface area contributed by atoms with E-state index in [2.05, 4.69) is 11.2 Å². The molecule has 0 N–H and O–H groups in total. The Hall–Kier alpha value is -2.95. The molecule has 0 saturated carbocycles. The lowest BCUT2D eigenvalue weighted by atomic mass is 10.1. The van der Waals surface area contributed by atoms with E-state index < -0.39 is 5.97 Å². The highest BCUT2D eigenvalue weighted by atomic mass is 16.5. The van der Waals surface area contributed by atoms with E-state index >= 15 is 0 Å². The lowest BCUT2D eigenvalue weighted by Gasteiger charge is -2.11. The first-order valence-corrected chi connectivity index (χ1v) is 8.73. The average Bonchev–Trinajstić information content (AvgIpc) is 2.61. The molecule has 2 aromatic carbocycles. The van der Waals surface area contributed by atoms with Crippen LogP contribution >= 0.6 is 0 Å². The first kappa shape index (κ1) is 17.9. The monoisotopic (exact) mass is 350 g/mol. The molecule has 0 radical (unpaired) electrons. The van der Waals surface area contributed by atoms with E-state index in [1.54, 1.807) is 24.3 Å². The molecule has 0 amide bonds. The van der Waals surface area contributed by atoms with Gasteiger partial charge in [-0.05, 0) is 31.9 Å². The van der Waals surface area contributed by atoms with Crippen molar-refractivity contribution in [2.75, 3.05) is 0 Å². The number of carbonyl (C=O) groups is 1. The lowest BCUT2D eigenvalue weighted by Crippen LogP contribution is -2.26. The van der Waals surface area contributed by atoms with Gasteiger partial charge in [0.1, 0.15) is 6.61 Å². The molecule has 0 fully saturated rings. The first-order chi connectivity index (χ1) is 12.5. The molecular formula is C21H22N2O3. The Morgan fingerprint density at radius 2 is 1.73 bits per heavy atom. The van der Waals surface area contributed by atoms with Crippen LogP contribution in [0.25, 0.3) is 10.8 Å². The average molecular weight is 350 g/mol. The van der Waals surface area contributed by atoms with Crippen molar-refractivity contribution in [3.05, 3.63) is 75.2 Å². The third kappa shape index (κ3) is 3.67. The van der Waals surface area contributed by atoms with Crippen LogP contribution in [0.4, 0.5) is 0 Å². The van der Waals surface area contributed by atoms with Crippen LogP contribution in [-0.2, 0) is 17.9 Å². The number of aromatic nitrogens is 2. The van der Waals surface area contributed by atoms with Crippen molar-refractivity contribution in [1.29, 1.82) is 0 Å². The molecule has 0 spiro atoms. The summed E-state index contributed by atoms with van der Waals surface area (Å²) in [5.41, 5.74) is 3.17. The Kier molecular flexibility index (Phi) is 5.16. The number of esters is 1. The van der Waals surface area contributed by atoms with Gasteiger partial charge in [0.2, 0.25) is 0 Å². The molecule has 0 aliphatic heterocycles. The van der Waals surface area contributed by atoms with Gasteiger partial charge >= 0.3 is 5.97 Å². The van der Waals surface area contributed by atoms with Crippen LogP contribution in [0.5, 0.6) is 0 Å². The summed E-state index contributed by atoms with van der Waals surface area (Å²) in [5, 5.41) is 5.27. The van der Waals surface area contributed by atoms with Crippen molar-refractivity contribution >= 4 is 16.7 Å². The summed E-state index contributed by atoms with van der Waals surface area (Å²) < 4.78 is 6.83. The van der Waals surface area contributed by atoms with Gasteiger partial charge in [0.25, 0.3) is 5.56 Å². The molecule has 1 aromatic heterocycles. The van der Waals surface area contributed by atoms with Gasteiger partial charge in [-0.1, -0.05) is 54.4 Å². The highest BCUT2D eigenvalue weighted by Crippen LogP contribution is 2.16. The molecule has 0 aliphatic rings. The van der Waals surface area contributed by atoms with E-state index in [0.717, 1.165) is 23.1 Å². The number of hydrogen-bond acceptors (Lipinski definition) is 4. The summed E-state index contributed by atoms with van der Waals surface area (Å²) in [7, 11) is 0. The fourth-order valence-corrected chi connectivity index (χ4v) is 3.12. The van der Waals surface area contributed by atoms with Crippen molar-refractivity contribution in [2.24, 2.45) is 0 Å². The molecule has 134 valence electrons.